The molecule has 1 aromatic carbocycles. The van der Waals surface area contributed by atoms with Gasteiger partial charge in [-0.05, 0) is 52.0 Å². The first-order valence-electron chi connectivity index (χ1n) is 11.7. The summed E-state index contributed by atoms with van der Waals surface area (Å²) in [5, 5.41) is 6.45. The van der Waals surface area contributed by atoms with Gasteiger partial charge < -0.3 is 20.1 Å². The monoisotopic (exact) mass is 478 g/mol. The molecule has 1 aliphatic heterocycles. The van der Waals surface area contributed by atoms with E-state index in [1.165, 1.54) is 6.07 Å². The van der Waals surface area contributed by atoms with Gasteiger partial charge in [0.1, 0.15) is 22.9 Å². The molecule has 0 saturated carbocycles. The number of fused-ring (bicyclic) bond motifs is 1. The normalized spacial score (nSPS) is 16.3. The van der Waals surface area contributed by atoms with E-state index in [2.05, 4.69) is 42.4 Å². The van der Waals surface area contributed by atoms with Crippen LogP contribution in [0, 0.1) is 18.6 Å². The van der Waals surface area contributed by atoms with E-state index in [-0.39, 0.29) is 23.2 Å². The molecule has 4 heterocycles. The van der Waals surface area contributed by atoms with E-state index in [0.717, 1.165) is 31.5 Å². The van der Waals surface area contributed by atoms with Crippen LogP contribution >= 0.6 is 0 Å². The number of piperazine rings is 1. The third-order valence-electron chi connectivity index (χ3n) is 6.18. The molecule has 0 radical (unpaired) electrons. The number of halogens is 2. The lowest BCUT2D eigenvalue weighted by Crippen LogP contribution is -2.49. The quantitative estimate of drug-likeness (QED) is 0.434. The number of nitrogens with zero attached hydrogens (tertiary/aromatic N) is 6. The number of anilines is 3. The molecule has 8 nitrogen and oxygen atoms in total. The van der Waals surface area contributed by atoms with Gasteiger partial charge in [-0.2, -0.15) is 0 Å². The number of aromatic nitrogens is 5. The van der Waals surface area contributed by atoms with Crippen LogP contribution in [0.3, 0.4) is 0 Å². The van der Waals surface area contributed by atoms with Crippen molar-refractivity contribution in [1.82, 2.24) is 29.8 Å². The average Bonchev–Trinajstić information content (AvgIpc) is 3.17. The summed E-state index contributed by atoms with van der Waals surface area (Å²) in [6, 6.07) is 7.28. The molecule has 35 heavy (non-hydrogen) atoms. The molecule has 4 aromatic rings. The number of imidazole rings is 1. The zero-order valence-electron chi connectivity index (χ0n) is 20.2. The van der Waals surface area contributed by atoms with Gasteiger partial charge in [0.15, 0.2) is 11.6 Å². The summed E-state index contributed by atoms with van der Waals surface area (Å²) in [6.07, 6.45) is 2.87. The molecular formula is C25H28F2N8. The second kappa shape index (κ2) is 9.18. The summed E-state index contributed by atoms with van der Waals surface area (Å²) in [6.45, 7) is 10.7. The molecule has 2 N–H and O–H groups in total. The molecule has 1 fully saturated rings. The fraction of sp³-hybridized carbons (Fsp3) is 0.360. The Kier molecular flexibility index (Phi) is 6.06. The first-order valence-corrected chi connectivity index (χ1v) is 11.7. The van der Waals surface area contributed by atoms with Crippen LogP contribution in [0.2, 0.25) is 0 Å². The number of pyridine rings is 1. The minimum absolute atomic E-state index is 0.00360. The van der Waals surface area contributed by atoms with Crippen LogP contribution in [0.5, 0.6) is 0 Å². The average molecular weight is 479 g/mol. The molecule has 0 spiro atoms. The fourth-order valence-electron chi connectivity index (χ4n) is 4.62. The van der Waals surface area contributed by atoms with Crippen LogP contribution in [-0.2, 0) is 0 Å². The van der Waals surface area contributed by atoms with Crippen molar-refractivity contribution < 1.29 is 8.78 Å². The smallest absolute Gasteiger partial charge is 0.229 e. The number of hydrogen-bond acceptors (Lipinski definition) is 7. The highest BCUT2D eigenvalue weighted by Gasteiger charge is 2.19. The zero-order valence-corrected chi connectivity index (χ0v) is 20.2. The summed E-state index contributed by atoms with van der Waals surface area (Å²) >= 11 is 0. The summed E-state index contributed by atoms with van der Waals surface area (Å²) in [7, 11) is 0. The van der Waals surface area contributed by atoms with Gasteiger partial charge in [0.2, 0.25) is 5.95 Å². The van der Waals surface area contributed by atoms with Crippen molar-refractivity contribution in [2.75, 3.05) is 29.9 Å². The highest BCUT2D eigenvalue weighted by Crippen LogP contribution is 2.30. The van der Waals surface area contributed by atoms with Gasteiger partial charge in [-0.1, -0.05) is 0 Å². The minimum Gasteiger partial charge on any atom is -0.367 e. The maximum atomic E-state index is 14.9. The fourth-order valence-corrected chi connectivity index (χ4v) is 4.62. The molecule has 5 rings (SSSR count). The molecule has 182 valence electrons. The molecule has 0 amide bonds. The van der Waals surface area contributed by atoms with Crippen molar-refractivity contribution in [3.63, 3.8) is 0 Å². The Balaban J connectivity index is 1.43. The van der Waals surface area contributed by atoms with Crippen LogP contribution in [0.25, 0.3) is 22.3 Å². The SMILES string of the molecule is Cc1nc2c(F)cc(-c3nc(Nc4ccc(N5CCN[C@H](C)C5)cn4)ncc3F)cc2n1C(C)C. The lowest BCUT2D eigenvalue weighted by atomic mass is 10.1. The van der Waals surface area contributed by atoms with Gasteiger partial charge >= 0.3 is 0 Å². The number of hydrogen-bond donors (Lipinski definition) is 2. The van der Waals surface area contributed by atoms with Crippen LogP contribution in [0.15, 0.2) is 36.7 Å². The van der Waals surface area contributed by atoms with Gasteiger partial charge in [0, 0.05) is 37.3 Å². The van der Waals surface area contributed by atoms with E-state index < -0.39 is 11.6 Å². The van der Waals surface area contributed by atoms with E-state index in [1.807, 2.05) is 37.5 Å². The summed E-state index contributed by atoms with van der Waals surface area (Å²) < 4.78 is 31.6. The van der Waals surface area contributed by atoms with Crippen LogP contribution in [0.4, 0.5) is 26.2 Å². The minimum atomic E-state index is -0.641. The van der Waals surface area contributed by atoms with Gasteiger partial charge in [-0.3, -0.25) is 0 Å². The highest BCUT2D eigenvalue weighted by molar-refractivity contribution is 5.83. The molecule has 1 aliphatic rings. The van der Waals surface area contributed by atoms with Gasteiger partial charge in [0.05, 0.1) is 23.6 Å². The summed E-state index contributed by atoms with van der Waals surface area (Å²) in [4.78, 5) is 19.5. The third-order valence-corrected chi connectivity index (χ3v) is 6.18. The van der Waals surface area contributed by atoms with Crippen molar-refractivity contribution in [2.45, 2.75) is 39.8 Å². The topological polar surface area (TPSA) is 83.8 Å². The van der Waals surface area contributed by atoms with Gasteiger partial charge in [0.25, 0.3) is 0 Å². The summed E-state index contributed by atoms with van der Waals surface area (Å²) in [5.74, 6) is 0.238. The second-order valence-electron chi connectivity index (χ2n) is 9.17. The van der Waals surface area contributed by atoms with Crippen molar-refractivity contribution in [2.24, 2.45) is 0 Å². The zero-order chi connectivity index (χ0) is 24.7. The van der Waals surface area contributed by atoms with E-state index in [0.29, 0.717) is 28.8 Å². The lowest BCUT2D eigenvalue weighted by Gasteiger charge is -2.33. The van der Waals surface area contributed by atoms with E-state index >= 15 is 0 Å². The van der Waals surface area contributed by atoms with Gasteiger partial charge in [-0.25, -0.2) is 28.7 Å². The first-order chi connectivity index (χ1) is 16.8. The lowest BCUT2D eigenvalue weighted by molar-refractivity contribution is 0.484. The number of rotatable bonds is 5. The van der Waals surface area contributed by atoms with E-state index in [4.69, 9.17) is 0 Å². The molecule has 1 atom stereocenters. The molecule has 0 unspecified atom stereocenters. The molecule has 3 aromatic heterocycles. The van der Waals surface area contributed by atoms with Crippen LogP contribution < -0.4 is 15.5 Å². The third kappa shape index (κ3) is 4.53. The van der Waals surface area contributed by atoms with Crippen molar-refractivity contribution in [1.29, 1.82) is 0 Å². The molecular weight excluding hydrogens is 450 g/mol. The Labute approximate surface area is 202 Å². The van der Waals surface area contributed by atoms with E-state index in [9.17, 15) is 8.78 Å². The predicted molar refractivity (Wildman–Crippen MR) is 133 cm³/mol. The van der Waals surface area contributed by atoms with Crippen LogP contribution in [-0.4, -0.2) is 50.2 Å². The molecule has 1 saturated heterocycles. The predicted octanol–water partition coefficient (Wildman–Crippen LogP) is 4.60. The molecule has 10 heteroatoms. The molecule has 0 aliphatic carbocycles. The van der Waals surface area contributed by atoms with Crippen molar-refractivity contribution in [3.05, 3.63) is 54.1 Å². The van der Waals surface area contributed by atoms with E-state index in [1.54, 1.807) is 12.3 Å². The highest BCUT2D eigenvalue weighted by atomic mass is 19.1. The first kappa shape index (κ1) is 23.1. The summed E-state index contributed by atoms with van der Waals surface area (Å²) in [5.41, 5.74) is 2.21. The standard InChI is InChI=1S/C25H28F2N8/c1-14(2)35-16(4)31-24-19(26)9-17(10-21(24)35)23-20(27)12-30-25(33-23)32-22-6-5-18(11-29-22)34-8-7-28-15(3)13-34/h5-6,9-12,14-15,28H,7-8,13H2,1-4H3,(H,29,30,32,33)/t15-/m1/s1. The van der Waals surface area contributed by atoms with Crippen molar-refractivity contribution in [3.8, 4) is 11.3 Å². The van der Waals surface area contributed by atoms with Crippen molar-refractivity contribution >= 4 is 28.5 Å². The van der Waals surface area contributed by atoms with Gasteiger partial charge in [-0.15, -0.1) is 0 Å². The largest absolute Gasteiger partial charge is 0.367 e. The second-order valence-corrected chi connectivity index (χ2v) is 9.17. The van der Waals surface area contributed by atoms with Crippen LogP contribution in [0.1, 0.15) is 32.6 Å². The Morgan fingerprint density at radius 3 is 2.63 bits per heavy atom. The maximum absolute atomic E-state index is 14.9. The Morgan fingerprint density at radius 2 is 1.91 bits per heavy atom. The Bertz CT molecular complexity index is 1370. The maximum Gasteiger partial charge on any atom is 0.229 e. The molecule has 0 bridgehead atoms. The number of nitrogens with one attached hydrogen (secondary N) is 2. The number of aryl methyl sites for hydroxylation is 1. The Morgan fingerprint density at radius 1 is 1.09 bits per heavy atom. The number of benzene rings is 1. The Hall–Kier alpha value is -3.66.